The lowest BCUT2D eigenvalue weighted by Gasteiger charge is -2.02. The normalized spacial score (nSPS) is 11.5. The number of fused-ring (bicyclic) bond motifs is 1. The lowest BCUT2D eigenvalue weighted by Crippen LogP contribution is -1.96. The summed E-state index contributed by atoms with van der Waals surface area (Å²) in [5.41, 5.74) is 2.97. The highest BCUT2D eigenvalue weighted by Crippen LogP contribution is 2.30. The van der Waals surface area contributed by atoms with Gasteiger partial charge in [-0.25, -0.2) is 4.98 Å². The van der Waals surface area contributed by atoms with Crippen LogP contribution in [0, 0.1) is 6.92 Å². The van der Waals surface area contributed by atoms with Crippen LogP contribution in [0.2, 0.25) is 5.02 Å². The van der Waals surface area contributed by atoms with E-state index in [1.54, 1.807) is 4.52 Å². The van der Waals surface area contributed by atoms with Crippen molar-refractivity contribution in [1.82, 2.24) is 14.6 Å². The molecule has 21 heavy (non-hydrogen) atoms. The monoisotopic (exact) mass is 319 g/mol. The first-order valence-electron chi connectivity index (χ1n) is 6.62. The van der Waals surface area contributed by atoms with Crippen molar-refractivity contribution in [2.75, 3.05) is 0 Å². The average Bonchev–Trinajstić information content (AvgIpc) is 2.98. The SMILES string of the molecule is Cc1cc(-c2nc3sc(C(C)C)nn3c2C=O)ccc1Cl. The van der Waals surface area contributed by atoms with E-state index in [1.165, 1.54) is 11.3 Å². The van der Waals surface area contributed by atoms with Crippen molar-refractivity contribution in [2.24, 2.45) is 0 Å². The van der Waals surface area contributed by atoms with Crippen LogP contribution >= 0.6 is 22.9 Å². The quantitative estimate of drug-likeness (QED) is 0.674. The predicted octanol–water partition coefficient (Wildman–Crippen LogP) is 4.36. The summed E-state index contributed by atoms with van der Waals surface area (Å²) in [6.07, 6.45) is 0.809. The Kier molecular flexibility index (Phi) is 3.55. The first kappa shape index (κ1) is 14.2. The van der Waals surface area contributed by atoms with Crippen LogP contribution < -0.4 is 0 Å². The number of rotatable bonds is 3. The Hall–Kier alpha value is -1.72. The predicted molar refractivity (Wildman–Crippen MR) is 85.5 cm³/mol. The molecule has 2 aromatic heterocycles. The Bertz CT molecular complexity index is 835. The molecular weight excluding hydrogens is 306 g/mol. The number of imidazole rings is 1. The fourth-order valence-electron chi connectivity index (χ4n) is 2.12. The Morgan fingerprint density at radius 2 is 2.14 bits per heavy atom. The maximum atomic E-state index is 11.5. The van der Waals surface area contributed by atoms with E-state index in [9.17, 15) is 4.79 Å². The van der Waals surface area contributed by atoms with E-state index in [2.05, 4.69) is 23.9 Å². The molecular formula is C15H14ClN3OS. The molecule has 0 aliphatic heterocycles. The van der Waals surface area contributed by atoms with Crippen molar-refractivity contribution in [3.8, 4) is 11.3 Å². The van der Waals surface area contributed by atoms with Gasteiger partial charge in [0.1, 0.15) is 16.4 Å². The molecule has 1 aromatic carbocycles. The number of aldehydes is 1. The molecule has 0 spiro atoms. The van der Waals surface area contributed by atoms with Gasteiger partial charge >= 0.3 is 0 Å². The molecule has 0 saturated heterocycles. The molecule has 0 aliphatic rings. The molecule has 0 atom stereocenters. The molecule has 0 N–H and O–H groups in total. The molecule has 3 aromatic rings. The zero-order valence-electron chi connectivity index (χ0n) is 11.9. The highest BCUT2D eigenvalue weighted by Gasteiger charge is 2.18. The van der Waals surface area contributed by atoms with Crippen LogP contribution in [0.15, 0.2) is 18.2 Å². The van der Waals surface area contributed by atoms with Crippen LogP contribution in [0.25, 0.3) is 16.2 Å². The van der Waals surface area contributed by atoms with Crippen LogP contribution in [-0.4, -0.2) is 20.9 Å². The Morgan fingerprint density at radius 3 is 2.76 bits per heavy atom. The average molecular weight is 320 g/mol. The van der Waals surface area contributed by atoms with Crippen LogP contribution in [0.4, 0.5) is 0 Å². The number of aryl methyl sites for hydroxylation is 1. The third-order valence-electron chi connectivity index (χ3n) is 3.29. The smallest absolute Gasteiger partial charge is 0.213 e. The summed E-state index contributed by atoms with van der Waals surface area (Å²) < 4.78 is 1.63. The largest absolute Gasteiger partial charge is 0.296 e. The highest BCUT2D eigenvalue weighted by atomic mass is 35.5. The third-order valence-corrected chi connectivity index (χ3v) is 4.92. The fraction of sp³-hybridized carbons (Fsp3) is 0.267. The minimum absolute atomic E-state index is 0.317. The number of benzene rings is 1. The molecule has 2 heterocycles. The molecule has 4 nitrogen and oxygen atoms in total. The van der Waals surface area contributed by atoms with Gasteiger partial charge in [-0.2, -0.15) is 9.61 Å². The second-order valence-electron chi connectivity index (χ2n) is 5.22. The molecule has 6 heteroatoms. The summed E-state index contributed by atoms with van der Waals surface area (Å²) in [7, 11) is 0. The maximum Gasteiger partial charge on any atom is 0.213 e. The number of carbonyl (C=O) groups excluding carboxylic acids is 1. The van der Waals surface area contributed by atoms with Gasteiger partial charge in [-0.3, -0.25) is 4.79 Å². The van der Waals surface area contributed by atoms with Crippen molar-refractivity contribution >= 4 is 34.2 Å². The topological polar surface area (TPSA) is 47.3 Å². The van der Waals surface area contributed by atoms with Gasteiger partial charge in [0.25, 0.3) is 0 Å². The van der Waals surface area contributed by atoms with Gasteiger partial charge in [0.15, 0.2) is 6.29 Å². The van der Waals surface area contributed by atoms with Crippen molar-refractivity contribution in [1.29, 1.82) is 0 Å². The number of carbonyl (C=O) groups is 1. The first-order chi connectivity index (χ1) is 10.0. The van der Waals surface area contributed by atoms with Gasteiger partial charge in [-0.1, -0.05) is 42.9 Å². The minimum Gasteiger partial charge on any atom is -0.296 e. The van der Waals surface area contributed by atoms with Crippen LogP contribution in [-0.2, 0) is 0 Å². The standard InChI is InChI=1S/C15H14ClN3OS/c1-8(2)14-18-19-12(7-20)13(17-15(19)21-14)10-4-5-11(16)9(3)6-10/h4-8H,1-3H3. The van der Waals surface area contributed by atoms with Gasteiger partial charge in [-0.05, 0) is 24.6 Å². The Labute approximate surface area is 131 Å². The van der Waals surface area contributed by atoms with Gasteiger partial charge in [0.2, 0.25) is 4.96 Å². The molecule has 0 amide bonds. The Morgan fingerprint density at radius 1 is 1.38 bits per heavy atom. The fourth-order valence-corrected chi connectivity index (χ4v) is 3.15. The second kappa shape index (κ2) is 5.24. The molecule has 0 aliphatic carbocycles. The summed E-state index contributed by atoms with van der Waals surface area (Å²) in [5, 5.41) is 6.16. The van der Waals surface area contributed by atoms with E-state index < -0.39 is 0 Å². The van der Waals surface area contributed by atoms with Gasteiger partial charge in [0, 0.05) is 16.5 Å². The van der Waals surface area contributed by atoms with Gasteiger partial charge < -0.3 is 0 Å². The van der Waals surface area contributed by atoms with Gasteiger partial charge in [-0.15, -0.1) is 0 Å². The molecule has 0 unspecified atom stereocenters. The zero-order chi connectivity index (χ0) is 15.1. The summed E-state index contributed by atoms with van der Waals surface area (Å²) >= 11 is 7.56. The van der Waals surface area contributed by atoms with Crippen LogP contribution in [0.5, 0.6) is 0 Å². The van der Waals surface area contributed by atoms with E-state index >= 15 is 0 Å². The second-order valence-corrected chi connectivity index (χ2v) is 6.61. The zero-order valence-corrected chi connectivity index (χ0v) is 13.5. The van der Waals surface area contributed by atoms with Crippen molar-refractivity contribution in [3.05, 3.63) is 39.5 Å². The highest BCUT2D eigenvalue weighted by molar-refractivity contribution is 7.16. The van der Waals surface area contributed by atoms with E-state index in [0.29, 0.717) is 22.3 Å². The van der Waals surface area contributed by atoms with Crippen LogP contribution in [0.3, 0.4) is 0 Å². The van der Waals surface area contributed by atoms with Crippen molar-refractivity contribution in [2.45, 2.75) is 26.7 Å². The number of halogens is 1. The number of hydrogen-bond donors (Lipinski definition) is 0. The number of aromatic nitrogens is 3. The van der Waals surface area contributed by atoms with E-state index in [1.807, 2.05) is 25.1 Å². The summed E-state index contributed by atoms with van der Waals surface area (Å²) in [6.45, 7) is 6.07. The summed E-state index contributed by atoms with van der Waals surface area (Å²) in [5.74, 6) is 0.317. The van der Waals surface area contributed by atoms with E-state index in [-0.39, 0.29) is 0 Å². The summed E-state index contributed by atoms with van der Waals surface area (Å²) in [6, 6.07) is 5.63. The van der Waals surface area contributed by atoms with E-state index in [0.717, 1.165) is 27.4 Å². The third kappa shape index (κ3) is 2.36. The number of hydrogen-bond acceptors (Lipinski definition) is 4. The molecule has 0 fully saturated rings. The molecule has 0 bridgehead atoms. The Balaban J connectivity index is 2.20. The lowest BCUT2D eigenvalue weighted by atomic mass is 10.1. The van der Waals surface area contributed by atoms with Crippen molar-refractivity contribution < 1.29 is 4.79 Å². The maximum absolute atomic E-state index is 11.5. The molecule has 3 rings (SSSR count). The molecule has 108 valence electrons. The van der Waals surface area contributed by atoms with E-state index in [4.69, 9.17) is 11.6 Å². The molecule has 0 saturated carbocycles. The van der Waals surface area contributed by atoms with Crippen LogP contribution in [0.1, 0.15) is 40.8 Å². The number of nitrogens with zero attached hydrogens (tertiary/aromatic N) is 3. The lowest BCUT2D eigenvalue weighted by molar-refractivity contribution is 0.111. The van der Waals surface area contributed by atoms with Crippen molar-refractivity contribution in [3.63, 3.8) is 0 Å². The first-order valence-corrected chi connectivity index (χ1v) is 7.82. The van der Waals surface area contributed by atoms with Gasteiger partial charge in [0.05, 0.1) is 0 Å². The minimum atomic E-state index is 0.317. The molecule has 0 radical (unpaired) electrons. The summed E-state index contributed by atoms with van der Waals surface area (Å²) in [4.78, 5) is 16.8.